The molecule has 1 aromatic carbocycles. The second kappa shape index (κ2) is 5.50. The van der Waals surface area contributed by atoms with Crippen molar-refractivity contribution in [3.8, 4) is 0 Å². The summed E-state index contributed by atoms with van der Waals surface area (Å²) in [5.41, 5.74) is 2.53. The van der Waals surface area contributed by atoms with E-state index in [9.17, 15) is 0 Å². The van der Waals surface area contributed by atoms with Gasteiger partial charge in [-0.15, -0.1) is 0 Å². The van der Waals surface area contributed by atoms with E-state index in [4.69, 9.17) is 4.42 Å². The number of benzene rings is 1. The van der Waals surface area contributed by atoms with E-state index in [1.807, 2.05) is 13.1 Å². The van der Waals surface area contributed by atoms with Crippen molar-refractivity contribution in [3.05, 3.63) is 57.6 Å². The summed E-state index contributed by atoms with van der Waals surface area (Å²) in [7, 11) is 1.98. The molecule has 1 heterocycles. The van der Waals surface area contributed by atoms with Crippen molar-refractivity contribution in [2.45, 2.75) is 12.5 Å². The molecule has 1 atom stereocenters. The maximum Gasteiger partial charge on any atom is 0.0950 e. The monoisotopic (exact) mass is 327 g/mol. The van der Waals surface area contributed by atoms with Crippen LogP contribution in [0.1, 0.15) is 17.2 Å². The van der Waals surface area contributed by atoms with Gasteiger partial charge >= 0.3 is 0 Å². The summed E-state index contributed by atoms with van der Waals surface area (Å²) in [6.45, 7) is 0. The highest BCUT2D eigenvalue weighted by atomic mass is 127. The quantitative estimate of drug-likeness (QED) is 0.871. The van der Waals surface area contributed by atoms with Gasteiger partial charge in [0.05, 0.1) is 12.5 Å². The summed E-state index contributed by atoms with van der Waals surface area (Å²) in [6.07, 6.45) is 4.49. The van der Waals surface area contributed by atoms with Gasteiger partial charge < -0.3 is 9.73 Å². The van der Waals surface area contributed by atoms with Gasteiger partial charge in [0.15, 0.2) is 0 Å². The fraction of sp³-hybridized carbons (Fsp3) is 0.231. The van der Waals surface area contributed by atoms with Crippen molar-refractivity contribution in [1.29, 1.82) is 0 Å². The Balaban J connectivity index is 2.10. The molecule has 2 nitrogen and oxygen atoms in total. The average molecular weight is 327 g/mol. The lowest BCUT2D eigenvalue weighted by atomic mass is 10.0. The molecule has 16 heavy (non-hydrogen) atoms. The van der Waals surface area contributed by atoms with E-state index in [1.165, 1.54) is 14.7 Å². The zero-order chi connectivity index (χ0) is 11.4. The van der Waals surface area contributed by atoms with E-state index < -0.39 is 0 Å². The Bertz CT molecular complexity index is 422. The van der Waals surface area contributed by atoms with Crippen molar-refractivity contribution in [2.75, 3.05) is 7.05 Å². The van der Waals surface area contributed by atoms with E-state index in [-0.39, 0.29) is 0 Å². The predicted molar refractivity (Wildman–Crippen MR) is 73.4 cm³/mol. The SMILES string of the molecule is CNC(Cc1ccc(I)cc1)c1ccoc1. The first kappa shape index (κ1) is 11.7. The maximum atomic E-state index is 5.11. The van der Waals surface area contributed by atoms with Crippen molar-refractivity contribution >= 4 is 22.6 Å². The van der Waals surface area contributed by atoms with Gasteiger partial charge in [0.25, 0.3) is 0 Å². The van der Waals surface area contributed by atoms with Gasteiger partial charge in [-0.25, -0.2) is 0 Å². The van der Waals surface area contributed by atoms with Crippen LogP contribution in [0.2, 0.25) is 0 Å². The second-order valence-electron chi connectivity index (χ2n) is 3.73. The standard InChI is InChI=1S/C13H14INO/c1-15-13(11-6-7-16-9-11)8-10-2-4-12(14)5-3-10/h2-7,9,13,15H,8H2,1H3. The van der Waals surface area contributed by atoms with Crippen LogP contribution >= 0.6 is 22.6 Å². The second-order valence-corrected chi connectivity index (χ2v) is 4.97. The number of halogens is 1. The summed E-state index contributed by atoms with van der Waals surface area (Å²) in [5, 5.41) is 3.31. The average Bonchev–Trinajstić information content (AvgIpc) is 2.82. The van der Waals surface area contributed by atoms with Crippen molar-refractivity contribution < 1.29 is 4.42 Å². The highest BCUT2D eigenvalue weighted by Gasteiger charge is 2.10. The van der Waals surface area contributed by atoms with E-state index in [0.29, 0.717) is 6.04 Å². The first-order valence-corrected chi connectivity index (χ1v) is 6.31. The van der Waals surface area contributed by atoms with Gasteiger partial charge in [-0.3, -0.25) is 0 Å². The minimum Gasteiger partial charge on any atom is -0.472 e. The van der Waals surface area contributed by atoms with Gasteiger partial charge in [0, 0.05) is 15.2 Å². The third kappa shape index (κ3) is 2.86. The molecule has 0 saturated carbocycles. The summed E-state index contributed by atoms with van der Waals surface area (Å²) >= 11 is 2.32. The van der Waals surface area contributed by atoms with Crippen molar-refractivity contribution in [1.82, 2.24) is 5.32 Å². The third-order valence-electron chi connectivity index (χ3n) is 2.65. The topological polar surface area (TPSA) is 25.2 Å². The molecule has 1 unspecified atom stereocenters. The number of rotatable bonds is 4. The van der Waals surface area contributed by atoms with Crippen LogP contribution in [0.3, 0.4) is 0 Å². The fourth-order valence-corrected chi connectivity index (χ4v) is 2.08. The molecule has 2 rings (SSSR count). The highest BCUT2D eigenvalue weighted by Crippen LogP contribution is 2.19. The molecule has 0 amide bonds. The fourth-order valence-electron chi connectivity index (χ4n) is 1.72. The van der Waals surface area contributed by atoms with Crippen LogP contribution in [0, 0.1) is 3.57 Å². The van der Waals surface area contributed by atoms with Crippen LogP contribution in [0.15, 0.2) is 47.3 Å². The van der Waals surface area contributed by atoms with Crippen molar-refractivity contribution in [2.24, 2.45) is 0 Å². The van der Waals surface area contributed by atoms with Gasteiger partial charge in [-0.2, -0.15) is 0 Å². The summed E-state index contributed by atoms with van der Waals surface area (Å²) in [6, 6.07) is 10.9. The molecule has 0 saturated heterocycles. The van der Waals surface area contributed by atoms with E-state index in [2.05, 4.69) is 52.2 Å². The Morgan fingerprint density at radius 1 is 1.25 bits per heavy atom. The Kier molecular flexibility index (Phi) is 4.01. The normalized spacial score (nSPS) is 12.6. The molecule has 84 valence electrons. The molecule has 3 heteroatoms. The van der Waals surface area contributed by atoms with E-state index in [1.54, 1.807) is 12.5 Å². The molecular formula is C13H14INO. The molecule has 1 aromatic heterocycles. The minimum absolute atomic E-state index is 0.318. The lowest BCUT2D eigenvalue weighted by molar-refractivity contribution is 0.542. The molecular weight excluding hydrogens is 313 g/mol. The van der Waals surface area contributed by atoms with Gasteiger partial charge in [0.2, 0.25) is 0 Å². The number of nitrogens with one attached hydrogen (secondary N) is 1. The highest BCUT2D eigenvalue weighted by molar-refractivity contribution is 14.1. The van der Waals surface area contributed by atoms with Crippen LogP contribution in [0.4, 0.5) is 0 Å². The summed E-state index contributed by atoms with van der Waals surface area (Å²) in [4.78, 5) is 0. The van der Waals surface area contributed by atoms with Crippen LogP contribution in [0.5, 0.6) is 0 Å². The molecule has 1 N–H and O–H groups in total. The molecule has 0 aliphatic carbocycles. The lowest BCUT2D eigenvalue weighted by Crippen LogP contribution is -2.18. The van der Waals surface area contributed by atoms with E-state index in [0.717, 1.165) is 6.42 Å². The van der Waals surface area contributed by atoms with Crippen LogP contribution in [-0.4, -0.2) is 7.05 Å². The van der Waals surface area contributed by atoms with Crippen LogP contribution in [-0.2, 0) is 6.42 Å². The van der Waals surface area contributed by atoms with Gasteiger partial charge in [-0.1, -0.05) is 12.1 Å². The first-order chi connectivity index (χ1) is 7.79. The smallest absolute Gasteiger partial charge is 0.0950 e. The predicted octanol–water partition coefficient (Wildman–Crippen LogP) is 3.39. The molecule has 0 spiro atoms. The zero-order valence-electron chi connectivity index (χ0n) is 9.11. The first-order valence-electron chi connectivity index (χ1n) is 5.23. The zero-order valence-corrected chi connectivity index (χ0v) is 11.3. The summed E-state index contributed by atoms with van der Waals surface area (Å²) in [5.74, 6) is 0. The molecule has 0 bridgehead atoms. The minimum atomic E-state index is 0.318. The third-order valence-corrected chi connectivity index (χ3v) is 3.37. The van der Waals surface area contributed by atoms with Crippen molar-refractivity contribution in [3.63, 3.8) is 0 Å². The number of furan rings is 1. The van der Waals surface area contributed by atoms with Crippen LogP contribution in [0.25, 0.3) is 0 Å². The Hall–Kier alpha value is -0.810. The maximum absolute atomic E-state index is 5.11. The van der Waals surface area contributed by atoms with Gasteiger partial charge in [0.1, 0.15) is 0 Å². The Labute approximate surface area is 109 Å². The molecule has 0 aliphatic heterocycles. The Morgan fingerprint density at radius 3 is 2.56 bits per heavy atom. The molecule has 0 fully saturated rings. The molecule has 2 aromatic rings. The van der Waals surface area contributed by atoms with Gasteiger partial charge in [-0.05, 0) is 59.8 Å². The molecule has 0 aliphatic rings. The number of hydrogen-bond donors (Lipinski definition) is 1. The number of likely N-dealkylation sites (N-methyl/N-ethyl adjacent to an activating group) is 1. The molecule has 0 radical (unpaired) electrons. The lowest BCUT2D eigenvalue weighted by Gasteiger charge is -2.14. The summed E-state index contributed by atoms with van der Waals surface area (Å²) < 4.78 is 6.38. The van der Waals surface area contributed by atoms with E-state index >= 15 is 0 Å². The number of hydrogen-bond acceptors (Lipinski definition) is 2. The van der Waals surface area contributed by atoms with Crippen LogP contribution < -0.4 is 5.32 Å². The largest absolute Gasteiger partial charge is 0.472 e. The Morgan fingerprint density at radius 2 is 2.00 bits per heavy atom.